The quantitative estimate of drug-likeness (QED) is 0.441. The van der Waals surface area contributed by atoms with Crippen molar-refractivity contribution in [2.24, 2.45) is 4.99 Å². The van der Waals surface area contributed by atoms with Crippen molar-refractivity contribution in [2.45, 2.75) is 51.5 Å². The Bertz CT molecular complexity index is 1270. The maximum Gasteiger partial charge on any atom is 0.401 e. The molecule has 1 aromatic carbocycles. The Balaban J connectivity index is 1.39. The molecule has 0 saturated carbocycles. The van der Waals surface area contributed by atoms with E-state index in [-0.39, 0.29) is 19.0 Å². The van der Waals surface area contributed by atoms with E-state index >= 15 is 0 Å². The molecule has 2 aromatic heterocycles. The minimum Gasteiger partial charge on any atom is -0.357 e. The summed E-state index contributed by atoms with van der Waals surface area (Å²) in [5.41, 5.74) is 3.54. The molecule has 4 heterocycles. The Labute approximate surface area is 212 Å². The van der Waals surface area contributed by atoms with Crippen molar-refractivity contribution in [3.63, 3.8) is 0 Å². The van der Waals surface area contributed by atoms with Crippen LogP contribution < -0.4 is 4.90 Å². The van der Waals surface area contributed by atoms with E-state index in [1.165, 1.54) is 4.90 Å². The van der Waals surface area contributed by atoms with Gasteiger partial charge in [0, 0.05) is 36.3 Å². The van der Waals surface area contributed by atoms with Gasteiger partial charge in [-0.05, 0) is 61.9 Å². The summed E-state index contributed by atoms with van der Waals surface area (Å²) >= 11 is 6.21. The van der Waals surface area contributed by atoms with Crippen molar-refractivity contribution in [3.8, 4) is 5.69 Å². The van der Waals surface area contributed by atoms with Gasteiger partial charge in [-0.2, -0.15) is 13.2 Å². The summed E-state index contributed by atoms with van der Waals surface area (Å²) in [5.74, 6) is 2.37. The van der Waals surface area contributed by atoms with Crippen LogP contribution in [-0.2, 0) is 19.6 Å². The van der Waals surface area contributed by atoms with Gasteiger partial charge in [0.05, 0.1) is 25.3 Å². The fraction of sp³-hybridized carbons (Fsp3) is 0.440. The van der Waals surface area contributed by atoms with Crippen molar-refractivity contribution in [1.29, 1.82) is 0 Å². The van der Waals surface area contributed by atoms with Crippen molar-refractivity contribution in [3.05, 3.63) is 63.8 Å². The maximum atomic E-state index is 13.2. The highest BCUT2D eigenvalue weighted by atomic mass is 35.5. The third kappa shape index (κ3) is 5.10. The first-order valence-electron chi connectivity index (χ1n) is 11.9. The average Bonchev–Trinajstić information content (AvgIpc) is 3.16. The zero-order valence-corrected chi connectivity index (χ0v) is 20.7. The van der Waals surface area contributed by atoms with Gasteiger partial charge in [-0.25, -0.2) is 4.98 Å². The van der Waals surface area contributed by atoms with E-state index in [0.717, 1.165) is 60.1 Å². The van der Waals surface area contributed by atoms with Gasteiger partial charge in [0.2, 0.25) is 0 Å². The molecule has 2 aliphatic rings. The van der Waals surface area contributed by atoms with E-state index in [1.54, 1.807) is 12.1 Å². The zero-order chi connectivity index (χ0) is 25.4. The van der Waals surface area contributed by atoms with E-state index in [0.29, 0.717) is 17.4 Å². The van der Waals surface area contributed by atoms with Crippen LogP contribution in [0, 0.1) is 6.92 Å². The summed E-state index contributed by atoms with van der Waals surface area (Å²) in [4.78, 5) is 12.3. The Morgan fingerprint density at radius 1 is 1.11 bits per heavy atom. The number of fused-ring (bicyclic) bond motifs is 3. The lowest BCUT2D eigenvalue weighted by atomic mass is 9.95. The second-order valence-corrected chi connectivity index (χ2v) is 9.84. The smallest absolute Gasteiger partial charge is 0.357 e. The zero-order valence-electron chi connectivity index (χ0n) is 20.0. The number of benzene rings is 1. The minimum atomic E-state index is -4.31. The first-order chi connectivity index (χ1) is 17.2. The summed E-state index contributed by atoms with van der Waals surface area (Å²) in [6, 6.07) is 9.42. The molecule has 36 heavy (non-hydrogen) atoms. The number of hydrogen-bond donors (Lipinski definition) is 0. The summed E-state index contributed by atoms with van der Waals surface area (Å²) in [7, 11) is 0. The number of aliphatic imine (C=N–C) groups is 1. The molecule has 0 spiro atoms. The number of hydrogen-bond acceptors (Lipinski definition) is 6. The van der Waals surface area contributed by atoms with Gasteiger partial charge in [-0.1, -0.05) is 17.7 Å². The molecule has 0 unspecified atom stereocenters. The molecule has 190 valence electrons. The van der Waals surface area contributed by atoms with Gasteiger partial charge in [0.15, 0.2) is 5.82 Å². The lowest BCUT2D eigenvalue weighted by Gasteiger charge is -2.33. The molecule has 7 nitrogen and oxygen atoms in total. The molecule has 0 aliphatic carbocycles. The molecule has 0 atom stereocenters. The van der Waals surface area contributed by atoms with Gasteiger partial charge < -0.3 is 4.90 Å². The molecule has 0 radical (unpaired) electrons. The minimum absolute atomic E-state index is 0.0623. The van der Waals surface area contributed by atoms with Crippen LogP contribution in [0.3, 0.4) is 0 Å². The molecule has 3 aromatic rings. The van der Waals surface area contributed by atoms with Crippen molar-refractivity contribution >= 4 is 24.1 Å². The summed E-state index contributed by atoms with van der Waals surface area (Å²) in [5, 5.41) is 9.31. The Morgan fingerprint density at radius 3 is 2.58 bits per heavy atom. The van der Waals surface area contributed by atoms with Gasteiger partial charge in [-0.15, -0.1) is 10.2 Å². The SMILES string of the molecule is C=NCc1ccc(N2CCC(c3nnc4n3-c3ccc(Cl)cc3CN(CC(F)(F)F)C4)CC2)nc1C. The number of anilines is 1. The molecule has 1 saturated heterocycles. The average molecular weight is 518 g/mol. The molecule has 0 N–H and O–H groups in total. The molecule has 2 aliphatic heterocycles. The van der Waals surface area contributed by atoms with E-state index in [9.17, 15) is 13.2 Å². The molecule has 11 heteroatoms. The highest BCUT2D eigenvalue weighted by Gasteiger charge is 2.35. The third-order valence-electron chi connectivity index (χ3n) is 6.85. The van der Waals surface area contributed by atoms with Gasteiger partial charge in [0.1, 0.15) is 11.6 Å². The van der Waals surface area contributed by atoms with Crippen LogP contribution in [0.25, 0.3) is 5.69 Å². The van der Waals surface area contributed by atoms with Crippen LogP contribution >= 0.6 is 11.6 Å². The third-order valence-corrected chi connectivity index (χ3v) is 7.08. The van der Waals surface area contributed by atoms with Gasteiger partial charge in [0.25, 0.3) is 0 Å². The highest BCUT2D eigenvalue weighted by molar-refractivity contribution is 6.30. The Kier molecular flexibility index (Phi) is 6.74. The summed E-state index contributed by atoms with van der Waals surface area (Å²) < 4.78 is 41.6. The van der Waals surface area contributed by atoms with Crippen molar-refractivity contribution < 1.29 is 13.2 Å². The number of pyridine rings is 1. The fourth-order valence-corrected chi connectivity index (χ4v) is 5.32. The molecule has 5 rings (SSSR count). The molecule has 1 fully saturated rings. The normalized spacial score (nSPS) is 17.0. The number of nitrogens with zero attached hydrogens (tertiary/aromatic N) is 7. The Morgan fingerprint density at radius 2 is 1.89 bits per heavy atom. The molecule has 0 bridgehead atoms. The van der Waals surface area contributed by atoms with Gasteiger partial charge in [-0.3, -0.25) is 14.5 Å². The topological polar surface area (TPSA) is 62.4 Å². The fourth-order valence-electron chi connectivity index (χ4n) is 5.13. The lowest BCUT2D eigenvalue weighted by Crippen LogP contribution is -2.34. The number of rotatable bonds is 5. The number of aromatic nitrogens is 4. The van der Waals surface area contributed by atoms with Crippen LogP contribution in [0.5, 0.6) is 0 Å². The molecular weight excluding hydrogens is 491 g/mol. The molecular formula is C25H27ClF3N7. The van der Waals surface area contributed by atoms with Crippen molar-refractivity contribution in [2.75, 3.05) is 24.5 Å². The molecule has 0 amide bonds. The van der Waals surface area contributed by atoms with E-state index in [2.05, 4.69) is 26.8 Å². The highest BCUT2D eigenvalue weighted by Crippen LogP contribution is 2.35. The summed E-state index contributed by atoms with van der Waals surface area (Å²) in [6.45, 7) is 6.86. The van der Waals surface area contributed by atoms with Crippen LogP contribution in [0.15, 0.2) is 35.3 Å². The number of aryl methyl sites for hydroxylation is 1. The lowest BCUT2D eigenvalue weighted by molar-refractivity contribution is -0.148. The number of alkyl halides is 3. The Hall–Kier alpha value is -2.98. The second-order valence-electron chi connectivity index (χ2n) is 9.40. The predicted molar refractivity (Wildman–Crippen MR) is 133 cm³/mol. The van der Waals surface area contributed by atoms with E-state index in [1.807, 2.05) is 29.7 Å². The van der Waals surface area contributed by atoms with Crippen LogP contribution in [0.4, 0.5) is 19.0 Å². The van der Waals surface area contributed by atoms with Crippen molar-refractivity contribution in [1.82, 2.24) is 24.6 Å². The largest absolute Gasteiger partial charge is 0.401 e. The van der Waals surface area contributed by atoms with Gasteiger partial charge >= 0.3 is 6.18 Å². The first-order valence-corrected chi connectivity index (χ1v) is 12.3. The predicted octanol–water partition coefficient (Wildman–Crippen LogP) is 5.09. The monoisotopic (exact) mass is 517 g/mol. The van der Waals surface area contributed by atoms with E-state index in [4.69, 9.17) is 16.6 Å². The maximum absolute atomic E-state index is 13.2. The van der Waals surface area contributed by atoms with Crippen LogP contribution in [0.2, 0.25) is 5.02 Å². The van der Waals surface area contributed by atoms with E-state index < -0.39 is 12.7 Å². The number of piperidine rings is 1. The van der Waals surface area contributed by atoms with Crippen LogP contribution in [-0.4, -0.2) is 57.2 Å². The first kappa shape index (κ1) is 24.7. The summed E-state index contributed by atoms with van der Waals surface area (Å²) in [6.07, 6.45) is -2.63. The van der Waals surface area contributed by atoms with Crippen LogP contribution in [0.1, 0.15) is 47.2 Å². The number of halogens is 4. The second kappa shape index (κ2) is 9.82. The standard InChI is InChI=1S/C25H27ClF3N7/c1-16-18(12-30-2)3-6-22(31-16)35-9-7-17(8-10-35)24-33-32-23-14-34(15-25(27,28)29)13-19-11-20(26)4-5-21(19)36(23)24/h3-6,11,17H,2,7-10,12-15H2,1H3.